The van der Waals surface area contributed by atoms with Gasteiger partial charge in [0.2, 0.25) is 5.78 Å². The molecule has 29 heavy (non-hydrogen) atoms. The average molecular weight is 402 g/mol. The van der Waals surface area contributed by atoms with Crippen molar-refractivity contribution in [2.45, 2.75) is 32.6 Å². The second-order valence-corrected chi connectivity index (χ2v) is 6.75. The van der Waals surface area contributed by atoms with Crippen LogP contribution in [0.1, 0.15) is 24.5 Å². The lowest BCUT2D eigenvalue weighted by molar-refractivity contribution is -0.137. The number of nitrogens with zero attached hydrogens (tertiary/aromatic N) is 4. The highest BCUT2D eigenvalue weighted by Gasteiger charge is 2.30. The van der Waals surface area contributed by atoms with Gasteiger partial charge >= 0.3 is 11.9 Å². The van der Waals surface area contributed by atoms with Crippen molar-refractivity contribution in [3.63, 3.8) is 0 Å². The van der Waals surface area contributed by atoms with Crippen LogP contribution in [-0.2, 0) is 19.3 Å². The van der Waals surface area contributed by atoms with Crippen molar-refractivity contribution < 1.29 is 13.2 Å². The minimum Gasteiger partial charge on any atom is -0.276 e. The smallest absolute Gasteiger partial charge is 0.276 e. The minimum absolute atomic E-state index is 0.140. The molecule has 2 aromatic carbocycles. The van der Waals surface area contributed by atoms with E-state index in [0.29, 0.717) is 29.4 Å². The summed E-state index contributed by atoms with van der Waals surface area (Å²) in [6, 6.07) is 11.5. The number of benzene rings is 2. The van der Waals surface area contributed by atoms with Gasteiger partial charge in [-0.15, -0.1) is 5.10 Å². The molecule has 150 valence electrons. The van der Waals surface area contributed by atoms with E-state index >= 15 is 0 Å². The van der Waals surface area contributed by atoms with E-state index in [-0.39, 0.29) is 17.9 Å². The molecule has 9 heteroatoms. The fourth-order valence-corrected chi connectivity index (χ4v) is 3.41. The number of aromatic nitrogens is 4. The first-order valence-corrected chi connectivity index (χ1v) is 9.08. The van der Waals surface area contributed by atoms with E-state index in [4.69, 9.17) is 0 Å². The first-order valence-electron chi connectivity index (χ1n) is 9.08. The number of aryl methyl sites for hydroxylation is 1. The van der Waals surface area contributed by atoms with Crippen LogP contribution in [0.25, 0.3) is 16.7 Å². The van der Waals surface area contributed by atoms with E-state index < -0.39 is 17.4 Å². The number of para-hydroxylation sites is 1. The number of halogens is 3. The van der Waals surface area contributed by atoms with Crippen LogP contribution >= 0.6 is 0 Å². The van der Waals surface area contributed by atoms with E-state index in [0.717, 1.165) is 16.8 Å². The van der Waals surface area contributed by atoms with E-state index in [1.165, 1.54) is 21.1 Å². The molecule has 0 spiro atoms. The maximum atomic E-state index is 13.0. The van der Waals surface area contributed by atoms with Crippen LogP contribution in [0.15, 0.2) is 58.1 Å². The van der Waals surface area contributed by atoms with Crippen molar-refractivity contribution in [3.8, 4) is 0 Å². The highest BCUT2D eigenvalue weighted by molar-refractivity contribution is 5.79. The van der Waals surface area contributed by atoms with Gasteiger partial charge in [-0.25, -0.2) is 13.9 Å². The van der Waals surface area contributed by atoms with Gasteiger partial charge in [-0.05, 0) is 36.2 Å². The van der Waals surface area contributed by atoms with Crippen molar-refractivity contribution in [1.82, 2.24) is 18.7 Å². The topological polar surface area (TPSA) is 61.3 Å². The summed E-state index contributed by atoms with van der Waals surface area (Å²) in [4.78, 5) is 25.9. The lowest BCUT2D eigenvalue weighted by Gasteiger charge is -2.08. The molecule has 0 aliphatic rings. The van der Waals surface area contributed by atoms with Crippen LogP contribution in [0.3, 0.4) is 0 Å². The number of alkyl halides is 3. The van der Waals surface area contributed by atoms with Crippen molar-refractivity contribution in [2.24, 2.45) is 0 Å². The summed E-state index contributed by atoms with van der Waals surface area (Å²) in [5, 5.41) is 4.66. The van der Waals surface area contributed by atoms with E-state index in [9.17, 15) is 22.8 Å². The van der Waals surface area contributed by atoms with Crippen LogP contribution in [-0.4, -0.2) is 18.7 Å². The summed E-state index contributed by atoms with van der Waals surface area (Å²) < 4.78 is 42.8. The minimum atomic E-state index is -4.47. The van der Waals surface area contributed by atoms with Crippen molar-refractivity contribution in [1.29, 1.82) is 0 Å². The van der Waals surface area contributed by atoms with Gasteiger partial charge in [-0.2, -0.15) is 13.2 Å². The zero-order valence-corrected chi connectivity index (χ0v) is 15.5. The number of hydrogen-bond donors (Lipinski definition) is 0. The van der Waals surface area contributed by atoms with Gasteiger partial charge in [0.05, 0.1) is 23.0 Å². The molecule has 0 bridgehead atoms. The van der Waals surface area contributed by atoms with Crippen LogP contribution in [0.2, 0.25) is 0 Å². The van der Waals surface area contributed by atoms with Crippen LogP contribution < -0.4 is 11.2 Å². The molecule has 0 amide bonds. The standard InChI is InChI=1S/C20H17F3N4O2/c1-2-10-25-17(28)15-8-3-4-9-16(15)27-18(25)24-26(19(27)29)12-13-6-5-7-14(11-13)20(21,22)23/h3-9,11H,2,10,12H2,1H3. The zero-order chi connectivity index (χ0) is 20.8. The van der Waals surface area contributed by atoms with Gasteiger partial charge in [0.15, 0.2) is 0 Å². The van der Waals surface area contributed by atoms with Gasteiger partial charge in [-0.3, -0.25) is 9.36 Å². The van der Waals surface area contributed by atoms with Gasteiger partial charge in [-0.1, -0.05) is 31.2 Å². The maximum absolute atomic E-state index is 13.0. The van der Waals surface area contributed by atoms with Crippen molar-refractivity contribution in [3.05, 3.63) is 80.5 Å². The third kappa shape index (κ3) is 3.22. The Bertz CT molecular complexity index is 1330. The summed E-state index contributed by atoms with van der Waals surface area (Å²) in [7, 11) is 0. The Morgan fingerprint density at radius 1 is 1.03 bits per heavy atom. The molecule has 0 unspecified atom stereocenters. The van der Waals surface area contributed by atoms with Crippen molar-refractivity contribution >= 4 is 16.7 Å². The zero-order valence-electron chi connectivity index (χ0n) is 15.5. The molecule has 0 saturated carbocycles. The molecule has 0 fully saturated rings. The summed E-state index contributed by atoms with van der Waals surface area (Å²) in [6.45, 7) is 2.13. The second-order valence-electron chi connectivity index (χ2n) is 6.75. The Kier molecular flexibility index (Phi) is 4.52. The van der Waals surface area contributed by atoms with Crippen LogP contribution in [0, 0.1) is 0 Å². The molecule has 0 aliphatic carbocycles. The summed E-state index contributed by atoms with van der Waals surface area (Å²) >= 11 is 0. The second kappa shape index (κ2) is 6.91. The Labute approximate surface area is 162 Å². The molecule has 0 saturated heterocycles. The predicted octanol–water partition coefficient (Wildman–Crippen LogP) is 3.29. The van der Waals surface area contributed by atoms with Crippen LogP contribution in [0.5, 0.6) is 0 Å². The average Bonchev–Trinajstić information content (AvgIpc) is 3.01. The molecule has 2 heterocycles. The largest absolute Gasteiger partial charge is 0.416 e. The molecular weight excluding hydrogens is 385 g/mol. The SMILES string of the molecule is CCCn1c(=O)c2ccccc2n2c(=O)n(Cc3cccc(C(F)(F)F)c3)nc12. The third-order valence-electron chi connectivity index (χ3n) is 4.72. The molecule has 0 N–H and O–H groups in total. The monoisotopic (exact) mass is 402 g/mol. The lowest BCUT2D eigenvalue weighted by Crippen LogP contribution is -2.26. The highest BCUT2D eigenvalue weighted by atomic mass is 19.4. The Morgan fingerprint density at radius 2 is 1.79 bits per heavy atom. The van der Waals surface area contributed by atoms with Crippen LogP contribution in [0.4, 0.5) is 13.2 Å². The Morgan fingerprint density at radius 3 is 2.52 bits per heavy atom. The van der Waals surface area contributed by atoms with Gasteiger partial charge in [0, 0.05) is 6.54 Å². The fourth-order valence-electron chi connectivity index (χ4n) is 3.41. The molecular formula is C20H17F3N4O2. The predicted molar refractivity (Wildman–Crippen MR) is 102 cm³/mol. The van der Waals surface area contributed by atoms with Gasteiger partial charge in [0.1, 0.15) is 0 Å². The summed E-state index contributed by atoms with van der Waals surface area (Å²) in [5.74, 6) is 0.174. The molecule has 6 nitrogen and oxygen atoms in total. The normalized spacial score (nSPS) is 12.1. The molecule has 2 aromatic heterocycles. The Balaban J connectivity index is 1.93. The number of rotatable bonds is 4. The van der Waals surface area contributed by atoms with E-state index in [2.05, 4.69) is 5.10 Å². The number of fused-ring (bicyclic) bond motifs is 3. The highest BCUT2D eigenvalue weighted by Crippen LogP contribution is 2.29. The first kappa shape index (κ1) is 19.0. The van der Waals surface area contributed by atoms with E-state index in [1.807, 2.05) is 6.92 Å². The van der Waals surface area contributed by atoms with E-state index in [1.54, 1.807) is 24.3 Å². The molecule has 0 aliphatic heterocycles. The molecule has 4 rings (SSSR count). The van der Waals surface area contributed by atoms with Crippen molar-refractivity contribution in [2.75, 3.05) is 0 Å². The lowest BCUT2D eigenvalue weighted by atomic mass is 10.1. The molecule has 4 aromatic rings. The van der Waals surface area contributed by atoms with Gasteiger partial charge < -0.3 is 0 Å². The summed E-state index contributed by atoms with van der Waals surface area (Å²) in [6.07, 6.45) is -3.82. The maximum Gasteiger partial charge on any atom is 0.416 e. The molecule has 0 radical (unpaired) electrons. The Hall–Kier alpha value is -3.36. The fraction of sp³-hybridized carbons (Fsp3) is 0.250. The summed E-state index contributed by atoms with van der Waals surface area (Å²) in [5.41, 5.74) is -0.857. The number of hydrogen-bond acceptors (Lipinski definition) is 3. The first-order chi connectivity index (χ1) is 13.8. The molecule has 0 atom stereocenters. The third-order valence-corrected chi connectivity index (χ3v) is 4.72. The quantitative estimate of drug-likeness (QED) is 0.526. The van der Waals surface area contributed by atoms with Gasteiger partial charge in [0.25, 0.3) is 5.56 Å².